The highest BCUT2D eigenvalue weighted by Gasteiger charge is 2.08. The Morgan fingerprint density at radius 3 is 2.52 bits per heavy atom. The van der Waals surface area contributed by atoms with Crippen molar-refractivity contribution in [2.75, 3.05) is 12.4 Å². The number of hydrogen-bond donors (Lipinski definition) is 2. The van der Waals surface area contributed by atoms with Gasteiger partial charge in [-0.2, -0.15) is 0 Å². The number of hydrogen-bond acceptors (Lipinski definition) is 4. The summed E-state index contributed by atoms with van der Waals surface area (Å²) in [6.45, 7) is 0.571. The van der Waals surface area contributed by atoms with Gasteiger partial charge in [0.1, 0.15) is 12.4 Å². The number of carbonyl (C=O) groups is 1. The molecule has 0 aliphatic rings. The summed E-state index contributed by atoms with van der Waals surface area (Å²) >= 11 is 0. The third-order valence-electron chi connectivity index (χ3n) is 4.15. The number of nitrogens with zero attached hydrogens (tertiary/aromatic N) is 1. The van der Waals surface area contributed by atoms with Gasteiger partial charge in [-0.05, 0) is 35.4 Å². The molecule has 148 valence electrons. The van der Waals surface area contributed by atoms with Crippen LogP contribution in [0.5, 0.6) is 5.75 Å². The fourth-order valence-corrected chi connectivity index (χ4v) is 2.67. The van der Waals surface area contributed by atoms with Crippen LogP contribution in [0.2, 0.25) is 0 Å². The van der Waals surface area contributed by atoms with Crippen molar-refractivity contribution in [1.29, 1.82) is 0 Å². The van der Waals surface area contributed by atoms with Crippen molar-refractivity contribution in [1.82, 2.24) is 0 Å². The number of nitrogens with two attached hydrogens (primary N) is 1. The summed E-state index contributed by atoms with van der Waals surface area (Å²) in [5.74, 6) is 0.627. The average molecular weight is 389 g/mol. The normalized spacial score (nSPS) is 11.0. The lowest BCUT2D eigenvalue weighted by molar-refractivity contribution is 0.0472. The summed E-state index contributed by atoms with van der Waals surface area (Å²) in [5, 5.41) is 3.02. The Hall–Kier alpha value is -3.80. The predicted octanol–water partition coefficient (Wildman–Crippen LogP) is 3.98. The summed E-state index contributed by atoms with van der Waals surface area (Å²) in [5.41, 5.74) is 9.02. The molecule has 0 amide bonds. The highest BCUT2D eigenvalue weighted by molar-refractivity contribution is 5.92. The van der Waals surface area contributed by atoms with Crippen molar-refractivity contribution in [2.24, 2.45) is 10.7 Å². The second-order valence-corrected chi connectivity index (χ2v) is 6.32. The van der Waals surface area contributed by atoms with Crippen LogP contribution in [0.1, 0.15) is 21.5 Å². The van der Waals surface area contributed by atoms with Crippen LogP contribution >= 0.6 is 0 Å². The third-order valence-corrected chi connectivity index (χ3v) is 4.15. The van der Waals surface area contributed by atoms with E-state index in [2.05, 4.69) is 10.3 Å². The quantitative estimate of drug-likeness (QED) is 0.363. The van der Waals surface area contributed by atoms with Gasteiger partial charge in [-0.25, -0.2) is 9.79 Å². The largest absolute Gasteiger partial charge is 0.497 e. The van der Waals surface area contributed by atoms with Crippen LogP contribution in [0.25, 0.3) is 0 Å². The molecule has 0 unspecified atom stereocenters. The van der Waals surface area contributed by atoms with Crippen LogP contribution in [0, 0.1) is 0 Å². The molecule has 0 bridgehead atoms. The van der Waals surface area contributed by atoms with E-state index in [1.165, 1.54) is 0 Å². The molecular weight excluding hydrogens is 366 g/mol. The van der Waals surface area contributed by atoms with E-state index in [0.717, 1.165) is 22.6 Å². The third kappa shape index (κ3) is 6.10. The Balaban J connectivity index is 1.58. The van der Waals surface area contributed by atoms with Crippen LogP contribution in [-0.4, -0.2) is 19.0 Å². The van der Waals surface area contributed by atoms with Crippen LogP contribution in [0.4, 0.5) is 5.69 Å². The van der Waals surface area contributed by atoms with Gasteiger partial charge in [0.15, 0.2) is 5.96 Å². The van der Waals surface area contributed by atoms with E-state index in [-0.39, 0.29) is 18.5 Å². The van der Waals surface area contributed by atoms with E-state index in [4.69, 9.17) is 15.2 Å². The molecule has 3 aromatic rings. The van der Waals surface area contributed by atoms with Gasteiger partial charge in [-0.3, -0.25) is 0 Å². The molecule has 3 aromatic carbocycles. The zero-order valence-electron chi connectivity index (χ0n) is 16.2. The summed E-state index contributed by atoms with van der Waals surface area (Å²) in [6.07, 6.45) is 0. The lowest BCUT2D eigenvalue weighted by atomic mass is 10.1. The van der Waals surface area contributed by atoms with Crippen LogP contribution < -0.4 is 15.8 Å². The molecule has 0 aromatic heterocycles. The summed E-state index contributed by atoms with van der Waals surface area (Å²) < 4.78 is 10.6. The lowest BCUT2D eigenvalue weighted by Gasteiger charge is -2.08. The molecule has 0 radical (unpaired) electrons. The monoisotopic (exact) mass is 389 g/mol. The van der Waals surface area contributed by atoms with Gasteiger partial charge in [0.2, 0.25) is 0 Å². The van der Waals surface area contributed by atoms with Gasteiger partial charge in [0.05, 0.1) is 19.2 Å². The van der Waals surface area contributed by atoms with Crippen LogP contribution in [0.3, 0.4) is 0 Å². The maximum absolute atomic E-state index is 12.3. The number of carbonyl (C=O) groups excluding carboxylic acids is 1. The van der Waals surface area contributed by atoms with E-state index in [9.17, 15) is 4.79 Å². The number of nitrogens with one attached hydrogen (secondary N) is 1. The molecule has 0 fully saturated rings. The Morgan fingerprint density at radius 2 is 1.72 bits per heavy atom. The first-order valence-corrected chi connectivity index (χ1v) is 9.15. The van der Waals surface area contributed by atoms with Gasteiger partial charge < -0.3 is 20.5 Å². The fourth-order valence-electron chi connectivity index (χ4n) is 2.67. The topological polar surface area (TPSA) is 85.9 Å². The van der Waals surface area contributed by atoms with E-state index in [1.807, 2.05) is 60.7 Å². The van der Waals surface area contributed by atoms with Crippen molar-refractivity contribution in [3.8, 4) is 5.75 Å². The van der Waals surface area contributed by atoms with Crippen molar-refractivity contribution in [3.05, 3.63) is 95.6 Å². The molecule has 0 heterocycles. The van der Waals surface area contributed by atoms with E-state index < -0.39 is 0 Å². The van der Waals surface area contributed by atoms with Gasteiger partial charge >= 0.3 is 5.97 Å². The molecule has 6 heteroatoms. The fraction of sp³-hybridized carbons (Fsp3) is 0.130. The minimum absolute atomic E-state index is 0.236. The minimum Gasteiger partial charge on any atom is -0.497 e. The number of esters is 1. The molecule has 6 nitrogen and oxygen atoms in total. The number of anilines is 1. The standard InChI is InChI=1S/C23H23N3O3/c1-28-21-12-6-11-20(14-21)26-23(24)25-15-18-9-5-10-19(13-18)22(27)29-16-17-7-3-2-4-8-17/h2-14H,15-16H2,1H3,(H3,24,25,26). The number of rotatable bonds is 7. The highest BCUT2D eigenvalue weighted by atomic mass is 16.5. The van der Waals surface area contributed by atoms with E-state index in [0.29, 0.717) is 12.1 Å². The first kappa shape index (κ1) is 19.9. The second kappa shape index (κ2) is 9.94. The summed E-state index contributed by atoms with van der Waals surface area (Å²) in [4.78, 5) is 16.6. The first-order valence-electron chi connectivity index (χ1n) is 9.15. The van der Waals surface area contributed by atoms with Gasteiger partial charge in [0, 0.05) is 11.8 Å². The Labute approximate surface area is 170 Å². The van der Waals surface area contributed by atoms with Gasteiger partial charge in [-0.1, -0.05) is 48.5 Å². The van der Waals surface area contributed by atoms with E-state index >= 15 is 0 Å². The summed E-state index contributed by atoms with van der Waals surface area (Å²) in [6, 6.07) is 24.1. The molecule has 29 heavy (non-hydrogen) atoms. The molecule has 0 aliphatic carbocycles. The first-order chi connectivity index (χ1) is 14.1. The van der Waals surface area contributed by atoms with Crippen molar-refractivity contribution in [2.45, 2.75) is 13.2 Å². The van der Waals surface area contributed by atoms with Crippen molar-refractivity contribution >= 4 is 17.6 Å². The molecule has 0 atom stereocenters. The highest BCUT2D eigenvalue weighted by Crippen LogP contribution is 2.16. The van der Waals surface area contributed by atoms with Crippen LogP contribution in [-0.2, 0) is 17.9 Å². The summed E-state index contributed by atoms with van der Waals surface area (Å²) in [7, 11) is 1.61. The lowest BCUT2D eigenvalue weighted by Crippen LogP contribution is -2.22. The van der Waals surface area contributed by atoms with Gasteiger partial charge in [0.25, 0.3) is 0 Å². The predicted molar refractivity (Wildman–Crippen MR) is 114 cm³/mol. The number of methoxy groups -OCH3 is 1. The zero-order valence-corrected chi connectivity index (χ0v) is 16.2. The van der Waals surface area contributed by atoms with E-state index in [1.54, 1.807) is 25.3 Å². The van der Waals surface area contributed by atoms with Crippen molar-refractivity contribution < 1.29 is 14.3 Å². The molecule has 0 saturated carbocycles. The molecule has 3 N–H and O–H groups in total. The molecule has 3 rings (SSSR count). The maximum Gasteiger partial charge on any atom is 0.338 e. The number of guanidine groups is 1. The molecule has 0 spiro atoms. The number of benzene rings is 3. The van der Waals surface area contributed by atoms with Gasteiger partial charge in [-0.15, -0.1) is 0 Å². The zero-order chi connectivity index (χ0) is 20.5. The average Bonchev–Trinajstić information content (AvgIpc) is 2.77. The van der Waals surface area contributed by atoms with Crippen LogP contribution in [0.15, 0.2) is 83.9 Å². The Kier molecular flexibility index (Phi) is 6.84. The van der Waals surface area contributed by atoms with Crippen molar-refractivity contribution in [3.63, 3.8) is 0 Å². The smallest absolute Gasteiger partial charge is 0.338 e. The Bertz CT molecular complexity index is 987. The maximum atomic E-state index is 12.3. The number of aliphatic imine (C=N–C) groups is 1. The Morgan fingerprint density at radius 1 is 0.966 bits per heavy atom. The second-order valence-electron chi connectivity index (χ2n) is 6.32. The minimum atomic E-state index is -0.373. The molecule has 0 aliphatic heterocycles. The number of ether oxygens (including phenoxy) is 2. The SMILES string of the molecule is COc1cccc(NC(N)=NCc2cccc(C(=O)OCc3ccccc3)c2)c1. The molecule has 0 saturated heterocycles. The molecular formula is C23H23N3O3.